The Labute approximate surface area is 194 Å². The Balaban J connectivity index is 1.95. The van der Waals surface area contributed by atoms with Crippen molar-refractivity contribution >= 4 is 27.5 Å². The Morgan fingerprint density at radius 2 is 1.82 bits per heavy atom. The van der Waals surface area contributed by atoms with Gasteiger partial charge in [0.1, 0.15) is 12.6 Å². The minimum absolute atomic E-state index is 0.0477. The van der Waals surface area contributed by atoms with Gasteiger partial charge in [0.15, 0.2) is 11.5 Å². The van der Waals surface area contributed by atoms with Crippen molar-refractivity contribution in [3.05, 3.63) is 53.6 Å². The van der Waals surface area contributed by atoms with Crippen LogP contribution in [0.2, 0.25) is 0 Å². The predicted molar refractivity (Wildman–Crippen MR) is 125 cm³/mol. The maximum atomic E-state index is 13.5. The first-order valence-electron chi connectivity index (χ1n) is 10.6. The summed E-state index contributed by atoms with van der Waals surface area (Å²) in [4.78, 5) is 27.3. The smallest absolute Gasteiger partial charge is 0.244 e. The van der Waals surface area contributed by atoms with Crippen molar-refractivity contribution in [3.63, 3.8) is 0 Å². The summed E-state index contributed by atoms with van der Waals surface area (Å²) in [6.07, 6.45) is 0. The van der Waals surface area contributed by atoms with E-state index < -0.39 is 28.5 Å². The largest absolute Gasteiger partial charge is 0.454 e. The molecule has 2 amide bonds. The lowest BCUT2D eigenvalue weighted by Gasteiger charge is -2.32. The second-order valence-corrected chi connectivity index (χ2v) is 9.87. The van der Waals surface area contributed by atoms with Crippen LogP contribution < -0.4 is 19.1 Å². The standard InChI is InChI=1S/C23H29N3O6S/c1-5-33(29,30)26(19-10-11-20-21(12-19)32-15-31-20)14-22(27)25(17(3)23(28)24-4)13-18-9-7-6-8-16(18)2/h6-12,17H,5,13-15H2,1-4H3,(H,24,28)/t17-/m1/s1. The van der Waals surface area contributed by atoms with E-state index in [1.54, 1.807) is 19.1 Å². The third-order valence-corrected chi connectivity index (χ3v) is 7.38. The summed E-state index contributed by atoms with van der Waals surface area (Å²) in [5.41, 5.74) is 2.13. The van der Waals surface area contributed by atoms with Crippen LogP contribution in [0.1, 0.15) is 25.0 Å². The number of nitrogens with zero attached hydrogens (tertiary/aromatic N) is 2. The summed E-state index contributed by atoms with van der Waals surface area (Å²) in [6, 6.07) is 11.5. The van der Waals surface area contributed by atoms with Crippen LogP contribution >= 0.6 is 0 Å². The summed E-state index contributed by atoms with van der Waals surface area (Å²) < 4.78 is 37.6. The van der Waals surface area contributed by atoms with Gasteiger partial charge in [0.25, 0.3) is 0 Å². The Morgan fingerprint density at radius 3 is 2.48 bits per heavy atom. The maximum absolute atomic E-state index is 13.5. The Hall–Kier alpha value is -3.27. The molecule has 0 saturated carbocycles. The van der Waals surface area contributed by atoms with Gasteiger partial charge in [-0.25, -0.2) is 8.42 Å². The highest BCUT2D eigenvalue weighted by atomic mass is 32.2. The normalized spacial score (nSPS) is 13.3. The van der Waals surface area contributed by atoms with E-state index >= 15 is 0 Å². The average Bonchev–Trinajstić information content (AvgIpc) is 3.28. The fraction of sp³-hybridized carbons (Fsp3) is 0.391. The zero-order valence-electron chi connectivity index (χ0n) is 19.2. The number of fused-ring (bicyclic) bond motifs is 1. The van der Waals surface area contributed by atoms with Gasteiger partial charge in [-0.15, -0.1) is 0 Å². The van der Waals surface area contributed by atoms with Gasteiger partial charge in [0.05, 0.1) is 11.4 Å². The van der Waals surface area contributed by atoms with Gasteiger partial charge < -0.3 is 19.7 Å². The summed E-state index contributed by atoms with van der Waals surface area (Å²) in [6.45, 7) is 4.81. The molecule has 33 heavy (non-hydrogen) atoms. The molecule has 3 rings (SSSR count). The molecule has 0 fully saturated rings. The van der Waals surface area contributed by atoms with E-state index in [1.807, 2.05) is 31.2 Å². The van der Waals surface area contributed by atoms with Crippen LogP contribution in [0.4, 0.5) is 5.69 Å². The molecule has 0 spiro atoms. The third-order valence-electron chi connectivity index (χ3n) is 5.64. The minimum atomic E-state index is -3.80. The van der Waals surface area contributed by atoms with E-state index in [9.17, 15) is 18.0 Å². The van der Waals surface area contributed by atoms with E-state index in [-0.39, 0.29) is 30.7 Å². The van der Waals surface area contributed by atoms with Crippen molar-refractivity contribution < 1.29 is 27.5 Å². The van der Waals surface area contributed by atoms with Crippen LogP contribution in [0.25, 0.3) is 0 Å². The highest BCUT2D eigenvalue weighted by molar-refractivity contribution is 7.92. The van der Waals surface area contributed by atoms with Gasteiger partial charge in [-0.05, 0) is 44.0 Å². The molecular weight excluding hydrogens is 446 g/mol. The van der Waals surface area contributed by atoms with E-state index in [4.69, 9.17) is 9.47 Å². The summed E-state index contributed by atoms with van der Waals surface area (Å²) in [5, 5.41) is 2.56. The van der Waals surface area contributed by atoms with E-state index in [0.29, 0.717) is 11.5 Å². The molecule has 1 atom stereocenters. The average molecular weight is 476 g/mol. The van der Waals surface area contributed by atoms with Crippen LogP contribution in [0.5, 0.6) is 11.5 Å². The lowest BCUT2D eigenvalue weighted by atomic mass is 10.1. The fourth-order valence-corrected chi connectivity index (χ4v) is 4.58. The van der Waals surface area contributed by atoms with Gasteiger partial charge >= 0.3 is 0 Å². The number of nitrogens with one attached hydrogen (secondary N) is 1. The molecule has 1 N–H and O–H groups in total. The maximum Gasteiger partial charge on any atom is 0.244 e. The molecule has 10 heteroatoms. The molecule has 178 valence electrons. The molecule has 0 aromatic heterocycles. The summed E-state index contributed by atoms with van der Waals surface area (Å²) in [7, 11) is -2.31. The van der Waals surface area contributed by atoms with Crippen LogP contribution in [0, 0.1) is 6.92 Å². The molecule has 0 saturated heterocycles. The minimum Gasteiger partial charge on any atom is -0.454 e. The Kier molecular flexibility index (Phi) is 7.47. The van der Waals surface area contributed by atoms with E-state index in [2.05, 4.69) is 5.32 Å². The number of hydrogen-bond donors (Lipinski definition) is 1. The Morgan fingerprint density at radius 1 is 1.12 bits per heavy atom. The van der Waals surface area contributed by atoms with Gasteiger partial charge in [0.2, 0.25) is 28.6 Å². The number of sulfonamides is 1. The van der Waals surface area contributed by atoms with Crippen molar-refractivity contribution in [1.29, 1.82) is 0 Å². The molecule has 0 aliphatic carbocycles. The first kappa shape index (κ1) is 24.4. The molecule has 0 unspecified atom stereocenters. The van der Waals surface area contributed by atoms with Crippen molar-refractivity contribution in [3.8, 4) is 11.5 Å². The molecule has 1 aliphatic heterocycles. The van der Waals surface area contributed by atoms with Gasteiger partial charge in [-0.1, -0.05) is 24.3 Å². The number of aryl methyl sites for hydroxylation is 1. The number of rotatable bonds is 9. The van der Waals surface area contributed by atoms with Crippen molar-refractivity contribution in [1.82, 2.24) is 10.2 Å². The van der Waals surface area contributed by atoms with Crippen molar-refractivity contribution in [2.75, 3.05) is 30.4 Å². The molecular formula is C23H29N3O6S. The molecule has 0 bridgehead atoms. The lowest BCUT2D eigenvalue weighted by Crippen LogP contribution is -2.51. The molecule has 2 aromatic carbocycles. The van der Waals surface area contributed by atoms with Crippen LogP contribution in [-0.2, 0) is 26.2 Å². The van der Waals surface area contributed by atoms with Gasteiger partial charge in [-0.2, -0.15) is 0 Å². The van der Waals surface area contributed by atoms with E-state index in [0.717, 1.165) is 15.4 Å². The number of amides is 2. The second kappa shape index (κ2) is 10.1. The van der Waals surface area contributed by atoms with Crippen molar-refractivity contribution in [2.45, 2.75) is 33.4 Å². The Bertz CT molecular complexity index is 1130. The lowest BCUT2D eigenvalue weighted by molar-refractivity contribution is -0.139. The van der Waals surface area contributed by atoms with Gasteiger partial charge in [-0.3, -0.25) is 13.9 Å². The predicted octanol–water partition coefficient (Wildman–Crippen LogP) is 2.04. The number of benzene rings is 2. The third kappa shape index (κ3) is 5.39. The SMILES string of the molecule is CCS(=O)(=O)N(CC(=O)N(Cc1ccccc1C)[C@H](C)C(=O)NC)c1ccc2c(c1)OCO2. The first-order chi connectivity index (χ1) is 15.7. The number of likely N-dealkylation sites (N-methyl/N-ethyl adjacent to an activating group) is 1. The zero-order chi connectivity index (χ0) is 24.2. The van der Waals surface area contributed by atoms with Crippen LogP contribution in [0.3, 0.4) is 0 Å². The number of ether oxygens (including phenoxy) is 2. The van der Waals surface area contributed by atoms with Crippen LogP contribution in [-0.4, -0.2) is 57.3 Å². The topological polar surface area (TPSA) is 105 Å². The second-order valence-electron chi connectivity index (χ2n) is 7.68. The van der Waals surface area contributed by atoms with E-state index in [1.165, 1.54) is 24.9 Å². The highest BCUT2D eigenvalue weighted by Gasteiger charge is 2.31. The first-order valence-corrected chi connectivity index (χ1v) is 12.2. The number of anilines is 1. The highest BCUT2D eigenvalue weighted by Crippen LogP contribution is 2.36. The van der Waals surface area contributed by atoms with Crippen LogP contribution in [0.15, 0.2) is 42.5 Å². The summed E-state index contributed by atoms with van der Waals surface area (Å²) in [5.74, 6) is -0.119. The van der Waals surface area contributed by atoms with Crippen molar-refractivity contribution in [2.24, 2.45) is 0 Å². The molecule has 0 radical (unpaired) electrons. The quantitative estimate of drug-likeness (QED) is 0.595. The van der Waals surface area contributed by atoms with Gasteiger partial charge in [0, 0.05) is 19.7 Å². The molecule has 1 aliphatic rings. The number of carbonyl (C=O) groups is 2. The number of carbonyl (C=O) groups excluding carboxylic acids is 2. The molecule has 1 heterocycles. The molecule has 9 nitrogen and oxygen atoms in total. The fourth-order valence-electron chi connectivity index (χ4n) is 3.52. The summed E-state index contributed by atoms with van der Waals surface area (Å²) >= 11 is 0. The zero-order valence-corrected chi connectivity index (χ0v) is 20.0. The number of hydrogen-bond acceptors (Lipinski definition) is 6. The monoisotopic (exact) mass is 475 g/mol. The molecule has 2 aromatic rings.